The van der Waals surface area contributed by atoms with Gasteiger partial charge in [0.2, 0.25) is 0 Å². The lowest BCUT2D eigenvalue weighted by atomic mass is 9.55. The largest absolute Gasteiger partial charge is 0.462 e. The number of carbonyl (C=O) groups is 2. The van der Waals surface area contributed by atoms with Crippen molar-refractivity contribution in [1.29, 1.82) is 0 Å². The van der Waals surface area contributed by atoms with E-state index in [1.807, 2.05) is 6.92 Å². The summed E-state index contributed by atoms with van der Waals surface area (Å²) in [6.45, 7) is 15.6. The van der Waals surface area contributed by atoms with Gasteiger partial charge >= 0.3 is 11.9 Å². The molecule has 2 saturated carbocycles. The van der Waals surface area contributed by atoms with E-state index >= 15 is 0 Å². The second kappa shape index (κ2) is 7.26. The number of carbonyl (C=O) groups excluding carboxylic acids is 2. The maximum atomic E-state index is 12.2. The lowest BCUT2D eigenvalue weighted by Gasteiger charge is -2.55. The summed E-state index contributed by atoms with van der Waals surface area (Å²) in [7, 11) is 0. The average molecular weight is 405 g/mol. The quantitative estimate of drug-likeness (QED) is 0.554. The summed E-state index contributed by atoms with van der Waals surface area (Å²) in [6, 6.07) is 0. The third kappa shape index (κ3) is 3.35. The second-order valence-corrected chi connectivity index (χ2v) is 10.1. The molecule has 29 heavy (non-hydrogen) atoms. The van der Waals surface area contributed by atoms with Crippen LogP contribution in [-0.4, -0.2) is 34.9 Å². The summed E-state index contributed by atoms with van der Waals surface area (Å²) in [5.41, 5.74) is 1.03. The van der Waals surface area contributed by atoms with E-state index < -0.39 is 23.2 Å². The molecule has 5 atom stereocenters. The highest BCUT2D eigenvalue weighted by Gasteiger charge is 2.66. The van der Waals surface area contributed by atoms with Crippen LogP contribution in [0.3, 0.4) is 0 Å². The minimum absolute atomic E-state index is 0.189. The number of fused-ring (bicyclic) bond motifs is 2. The van der Waals surface area contributed by atoms with Crippen molar-refractivity contribution in [1.82, 2.24) is 0 Å². The molecule has 1 N–H and O–H groups in total. The van der Waals surface area contributed by atoms with Crippen LogP contribution in [0.15, 0.2) is 23.3 Å². The smallest absolute Gasteiger partial charge is 0.302 e. The third-order valence-electron chi connectivity index (χ3n) is 7.93. The van der Waals surface area contributed by atoms with Gasteiger partial charge < -0.3 is 14.6 Å². The zero-order chi connectivity index (χ0) is 21.8. The number of hydrogen-bond acceptors (Lipinski definition) is 5. The molecule has 0 spiro atoms. The number of rotatable bonds is 3. The summed E-state index contributed by atoms with van der Waals surface area (Å²) >= 11 is 0. The van der Waals surface area contributed by atoms with E-state index in [-0.39, 0.29) is 17.4 Å². The minimum Gasteiger partial charge on any atom is -0.462 e. The number of aliphatic hydroxyl groups is 1. The monoisotopic (exact) mass is 404 g/mol. The number of ether oxygens (including phenoxy) is 2. The predicted octanol–water partition coefficient (Wildman–Crippen LogP) is 4.48. The maximum Gasteiger partial charge on any atom is 0.302 e. The summed E-state index contributed by atoms with van der Waals surface area (Å²) in [5, 5.41) is 12.2. The number of esters is 2. The van der Waals surface area contributed by atoms with Gasteiger partial charge in [-0.2, -0.15) is 0 Å². The van der Waals surface area contributed by atoms with Crippen molar-refractivity contribution in [3.63, 3.8) is 0 Å². The predicted molar refractivity (Wildman–Crippen MR) is 111 cm³/mol. The van der Waals surface area contributed by atoms with E-state index in [1.165, 1.54) is 25.0 Å². The summed E-state index contributed by atoms with van der Waals surface area (Å²) in [5.74, 6) is -0.366. The van der Waals surface area contributed by atoms with Gasteiger partial charge in [0.25, 0.3) is 0 Å². The first-order valence-electron chi connectivity index (χ1n) is 10.8. The molecule has 3 aliphatic carbocycles. The van der Waals surface area contributed by atoms with Gasteiger partial charge in [-0.15, -0.1) is 0 Å². The van der Waals surface area contributed by atoms with Gasteiger partial charge in [-0.25, -0.2) is 0 Å². The van der Waals surface area contributed by atoms with Gasteiger partial charge in [-0.1, -0.05) is 38.5 Å². The molecule has 0 aliphatic heterocycles. The van der Waals surface area contributed by atoms with E-state index in [4.69, 9.17) is 9.47 Å². The Bertz CT molecular complexity index is 765. The van der Waals surface area contributed by atoms with Crippen LogP contribution in [0.4, 0.5) is 0 Å². The molecule has 0 heterocycles. The molecule has 0 aromatic heterocycles. The Morgan fingerprint density at radius 1 is 1.10 bits per heavy atom. The van der Waals surface area contributed by atoms with Crippen molar-refractivity contribution < 1.29 is 24.2 Å². The standard InChI is InChI=1S/C24H36O5/c1-14(2)18-10-11-22(6)13-24(27)15(3)8-9-20(28-16(4)25)23(24,7)21(12-19(18)22)29-17(5)26/h14,20-21,27H,3,8-13H2,1-2,4-7H3/t20-,21-,22-,23+,24+/m1/s1. The zero-order valence-corrected chi connectivity index (χ0v) is 18.8. The topological polar surface area (TPSA) is 72.8 Å². The van der Waals surface area contributed by atoms with Crippen molar-refractivity contribution in [2.24, 2.45) is 16.7 Å². The van der Waals surface area contributed by atoms with Gasteiger partial charge in [0.05, 0.1) is 11.0 Å². The Balaban J connectivity index is 2.22. The number of allylic oxidation sites excluding steroid dienone is 1. The van der Waals surface area contributed by atoms with Gasteiger partial charge in [0, 0.05) is 20.3 Å². The summed E-state index contributed by atoms with van der Waals surface area (Å²) in [4.78, 5) is 24.0. The fourth-order valence-electron chi connectivity index (χ4n) is 6.27. The zero-order valence-electron chi connectivity index (χ0n) is 18.8. The van der Waals surface area contributed by atoms with E-state index in [0.717, 1.165) is 18.4 Å². The lowest BCUT2D eigenvalue weighted by molar-refractivity contribution is -0.213. The van der Waals surface area contributed by atoms with Crippen molar-refractivity contribution in [2.75, 3.05) is 0 Å². The van der Waals surface area contributed by atoms with E-state index in [0.29, 0.717) is 31.6 Å². The Morgan fingerprint density at radius 3 is 2.24 bits per heavy atom. The maximum absolute atomic E-state index is 12.2. The Morgan fingerprint density at radius 2 is 1.69 bits per heavy atom. The Labute approximate surface area is 174 Å². The van der Waals surface area contributed by atoms with E-state index in [2.05, 4.69) is 27.4 Å². The first kappa shape index (κ1) is 22.1. The van der Waals surface area contributed by atoms with Crippen molar-refractivity contribution in [2.45, 2.75) is 97.9 Å². The van der Waals surface area contributed by atoms with Crippen LogP contribution in [0.1, 0.15) is 80.1 Å². The van der Waals surface area contributed by atoms with Crippen molar-refractivity contribution >= 4 is 11.9 Å². The van der Waals surface area contributed by atoms with Gasteiger partial charge in [-0.3, -0.25) is 9.59 Å². The molecule has 3 rings (SSSR count). The van der Waals surface area contributed by atoms with Gasteiger partial charge in [0.15, 0.2) is 0 Å². The summed E-state index contributed by atoms with van der Waals surface area (Å²) in [6.07, 6.45) is 3.07. The van der Waals surface area contributed by atoms with Crippen LogP contribution in [0.5, 0.6) is 0 Å². The fourth-order valence-corrected chi connectivity index (χ4v) is 6.27. The van der Waals surface area contributed by atoms with Crippen LogP contribution in [0.2, 0.25) is 0 Å². The second-order valence-electron chi connectivity index (χ2n) is 10.1. The molecule has 0 amide bonds. The van der Waals surface area contributed by atoms with Crippen LogP contribution in [0, 0.1) is 16.7 Å². The molecule has 5 heteroatoms. The molecule has 0 saturated heterocycles. The molecule has 5 nitrogen and oxygen atoms in total. The van der Waals surface area contributed by atoms with Crippen LogP contribution < -0.4 is 0 Å². The third-order valence-corrected chi connectivity index (χ3v) is 7.93. The normalized spacial score (nSPS) is 39.7. The highest BCUT2D eigenvalue weighted by molar-refractivity contribution is 5.67. The van der Waals surface area contributed by atoms with Crippen LogP contribution in [0.25, 0.3) is 0 Å². The van der Waals surface area contributed by atoms with Crippen molar-refractivity contribution in [3.8, 4) is 0 Å². The molecule has 2 fully saturated rings. The minimum atomic E-state index is -1.28. The van der Waals surface area contributed by atoms with E-state index in [1.54, 1.807) is 0 Å². The molecule has 0 unspecified atom stereocenters. The van der Waals surface area contributed by atoms with Crippen molar-refractivity contribution in [3.05, 3.63) is 23.3 Å². The SMILES string of the molecule is C=C1CC[C@@H](OC(C)=O)[C@@]2(C)[C@H](OC(C)=O)CC3=C(C(C)C)CC[C@]3(C)C[C@]12O. The van der Waals surface area contributed by atoms with E-state index in [9.17, 15) is 14.7 Å². The molecule has 0 bridgehead atoms. The Kier molecular flexibility index (Phi) is 5.53. The van der Waals surface area contributed by atoms with Gasteiger partial charge in [-0.05, 0) is 55.9 Å². The molecule has 0 aromatic carbocycles. The highest BCUT2D eigenvalue weighted by Crippen LogP contribution is 2.63. The first-order valence-corrected chi connectivity index (χ1v) is 10.8. The molecular weight excluding hydrogens is 368 g/mol. The first-order chi connectivity index (χ1) is 13.3. The van der Waals surface area contributed by atoms with Crippen LogP contribution >= 0.6 is 0 Å². The Hall–Kier alpha value is -1.62. The molecule has 0 radical (unpaired) electrons. The lowest BCUT2D eigenvalue weighted by Crippen LogP contribution is -2.64. The number of hydrogen-bond donors (Lipinski definition) is 1. The summed E-state index contributed by atoms with van der Waals surface area (Å²) < 4.78 is 11.6. The van der Waals surface area contributed by atoms with Gasteiger partial charge in [0.1, 0.15) is 12.2 Å². The molecule has 162 valence electrons. The molecular formula is C24H36O5. The fraction of sp³-hybridized carbons (Fsp3) is 0.750. The molecule has 0 aromatic rings. The molecule has 3 aliphatic rings. The van der Waals surface area contributed by atoms with Crippen LogP contribution in [-0.2, 0) is 19.1 Å². The highest BCUT2D eigenvalue weighted by atomic mass is 16.6. The average Bonchev–Trinajstić information content (AvgIpc) is 2.87.